The van der Waals surface area contributed by atoms with Gasteiger partial charge in [0.25, 0.3) is 0 Å². The van der Waals surface area contributed by atoms with Crippen molar-refractivity contribution in [2.75, 3.05) is 25.1 Å². The van der Waals surface area contributed by atoms with Crippen LogP contribution in [0.1, 0.15) is 37.6 Å². The molecule has 1 aliphatic heterocycles. The van der Waals surface area contributed by atoms with E-state index in [-0.39, 0.29) is 0 Å². The second-order valence-electron chi connectivity index (χ2n) is 5.44. The zero-order chi connectivity index (χ0) is 15.5. The number of rotatable bonds is 4. The fourth-order valence-corrected chi connectivity index (χ4v) is 2.63. The first-order valence-corrected chi connectivity index (χ1v) is 7.38. The summed E-state index contributed by atoms with van der Waals surface area (Å²) < 4.78 is 7.00. The van der Waals surface area contributed by atoms with Crippen molar-refractivity contribution < 1.29 is 9.84 Å². The molecule has 3 heterocycles. The molecule has 0 aromatic carbocycles. The molecule has 2 aromatic heterocycles. The van der Waals surface area contributed by atoms with Crippen molar-refractivity contribution >= 4 is 5.82 Å². The Morgan fingerprint density at radius 3 is 2.73 bits per heavy atom. The van der Waals surface area contributed by atoms with E-state index < -0.39 is 6.10 Å². The number of methoxy groups -OCH3 is 1. The Morgan fingerprint density at radius 1 is 1.32 bits per heavy atom. The Kier molecular flexibility index (Phi) is 4.19. The second kappa shape index (κ2) is 6.27. The molecule has 1 N–H and O–H groups in total. The lowest BCUT2D eigenvalue weighted by molar-refractivity contribution is 0.194. The van der Waals surface area contributed by atoms with E-state index in [4.69, 9.17) is 4.74 Å². The van der Waals surface area contributed by atoms with Crippen LogP contribution in [0, 0.1) is 0 Å². The van der Waals surface area contributed by atoms with Crippen LogP contribution in [0.5, 0.6) is 5.88 Å². The fourth-order valence-electron chi connectivity index (χ4n) is 2.63. The fraction of sp³-hybridized carbons (Fsp3) is 0.571. The third-order valence-corrected chi connectivity index (χ3v) is 3.96. The van der Waals surface area contributed by atoms with E-state index in [0.717, 1.165) is 31.7 Å². The number of anilines is 1. The molecule has 0 aliphatic carbocycles. The van der Waals surface area contributed by atoms with Crippen LogP contribution < -0.4 is 9.64 Å². The molecule has 1 saturated heterocycles. The standard InChI is InChI=1S/C14H20N6O2/c1-10(21)12-8-20(18-17-12)11-3-5-19(6-4-11)13-7-14(22-2)16-9-15-13/h7-11,21H,3-6H2,1-2H3. The summed E-state index contributed by atoms with van der Waals surface area (Å²) in [5.41, 5.74) is 0.614. The van der Waals surface area contributed by atoms with Gasteiger partial charge in [-0.3, -0.25) is 0 Å². The average Bonchev–Trinajstić information content (AvgIpc) is 3.05. The van der Waals surface area contributed by atoms with Crippen LogP contribution in [-0.2, 0) is 0 Å². The van der Waals surface area contributed by atoms with E-state index in [1.54, 1.807) is 14.0 Å². The van der Waals surface area contributed by atoms with Gasteiger partial charge in [0.15, 0.2) is 0 Å². The summed E-state index contributed by atoms with van der Waals surface area (Å²) in [7, 11) is 1.60. The highest BCUT2D eigenvalue weighted by molar-refractivity contribution is 5.41. The highest BCUT2D eigenvalue weighted by Gasteiger charge is 2.23. The molecular weight excluding hydrogens is 284 g/mol. The number of aliphatic hydroxyl groups excluding tert-OH is 1. The molecule has 0 radical (unpaired) electrons. The number of aliphatic hydroxyl groups is 1. The van der Waals surface area contributed by atoms with Gasteiger partial charge < -0.3 is 14.7 Å². The van der Waals surface area contributed by atoms with Crippen molar-refractivity contribution in [1.29, 1.82) is 0 Å². The largest absolute Gasteiger partial charge is 0.481 e. The van der Waals surface area contributed by atoms with Crippen LogP contribution in [0.3, 0.4) is 0 Å². The quantitative estimate of drug-likeness (QED) is 0.900. The highest BCUT2D eigenvalue weighted by Crippen LogP contribution is 2.26. The van der Waals surface area contributed by atoms with E-state index in [1.165, 1.54) is 6.33 Å². The molecule has 3 rings (SSSR count). The molecule has 1 unspecified atom stereocenters. The van der Waals surface area contributed by atoms with E-state index in [9.17, 15) is 5.11 Å². The molecule has 118 valence electrons. The predicted octanol–water partition coefficient (Wildman–Crippen LogP) is 0.971. The maximum atomic E-state index is 9.53. The second-order valence-corrected chi connectivity index (χ2v) is 5.44. The molecule has 1 fully saturated rings. The van der Waals surface area contributed by atoms with Crippen LogP contribution in [0.15, 0.2) is 18.6 Å². The number of nitrogens with zero attached hydrogens (tertiary/aromatic N) is 6. The summed E-state index contributed by atoms with van der Waals surface area (Å²) in [6.45, 7) is 3.46. The molecule has 1 atom stereocenters. The lowest BCUT2D eigenvalue weighted by atomic mass is 10.1. The molecule has 2 aromatic rings. The highest BCUT2D eigenvalue weighted by atomic mass is 16.5. The lowest BCUT2D eigenvalue weighted by Crippen LogP contribution is -2.35. The van der Waals surface area contributed by atoms with Crippen LogP contribution >= 0.6 is 0 Å². The van der Waals surface area contributed by atoms with Crippen molar-refractivity contribution in [2.45, 2.75) is 31.9 Å². The van der Waals surface area contributed by atoms with Crippen molar-refractivity contribution in [3.05, 3.63) is 24.3 Å². The Hall–Kier alpha value is -2.22. The van der Waals surface area contributed by atoms with Crippen LogP contribution in [0.2, 0.25) is 0 Å². The monoisotopic (exact) mass is 304 g/mol. The Balaban J connectivity index is 1.64. The van der Waals surface area contributed by atoms with Gasteiger partial charge in [-0.15, -0.1) is 5.10 Å². The SMILES string of the molecule is COc1cc(N2CCC(n3cc(C(C)O)nn3)CC2)ncn1. The molecule has 0 spiro atoms. The minimum absolute atomic E-state index is 0.306. The van der Waals surface area contributed by atoms with E-state index in [0.29, 0.717) is 17.6 Å². The third kappa shape index (κ3) is 3.01. The van der Waals surface area contributed by atoms with Gasteiger partial charge in [0.1, 0.15) is 17.8 Å². The minimum Gasteiger partial charge on any atom is -0.481 e. The van der Waals surface area contributed by atoms with Gasteiger partial charge in [0.2, 0.25) is 5.88 Å². The predicted molar refractivity (Wildman–Crippen MR) is 79.7 cm³/mol. The first-order valence-electron chi connectivity index (χ1n) is 7.38. The normalized spacial score (nSPS) is 17.5. The maximum absolute atomic E-state index is 9.53. The smallest absolute Gasteiger partial charge is 0.218 e. The summed E-state index contributed by atoms with van der Waals surface area (Å²) in [5, 5.41) is 17.7. The van der Waals surface area contributed by atoms with Crippen molar-refractivity contribution in [3.63, 3.8) is 0 Å². The number of hydrogen-bond acceptors (Lipinski definition) is 7. The first-order chi connectivity index (χ1) is 10.7. The van der Waals surface area contributed by atoms with E-state index >= 15 is 0 Å². The molecule has 22 heavy (non-hydrogen) atoms. The minimum atomic E-state index is -0.581. The van der Waals surface area contributed by atoms with E-state index in [2.05, 4.69) is 25.2 Å². The van der Waals surface area contributed by atoms with Gasteiger partial charge in [-0.1, -0.05) is 5.21 Å². The Morgan fingerprint density at radius 2 is 2.09 bits per heavy atom. The first kappa shape index (κ1) is 14.7. The average molecular weight is 304 g/mol. The topological polar surface area (TPSA) is 89.2 Å². The molecule has 0 saturated carbocycles. The van der Waals surface area contributed by atoms with Gasteiger partial charge >= 0.3 is 0 Å². The number of aromatic nitrogens is 5. The number of piperidine rings is 1. The Labute approximate surface area is 128 Å². The van der Waals surface area contributed by atoms with Crippen molar-refractivity contribution in [1.82, 2.24) is 25.0 Å². The third-order valence-electron chi connectivity index (χ3n) is 3.96. The summed E-state index contributed by atoms with van der Waals surface area (Å²) in [4.78, 5) is 10.5. The molecule has 0 bridgehead atoms. The van der Waals surface area contributed by atoms with Gasteiger partial charge in [0.05, 0.1) is 25.5 Å². The van der Waals surface area contributed by atoms with Crippen LogP contribution in [0.4, 0.5) is 5.82 Å². The molecule has 0 amide bonds. The van der Waals surface area contributed by atoms with Crippen LogP contribution in [-0.4, -0.2) is 50.3 Å². The Bertz CT molecular complexity index is 621. The van der Waals surface area contributed by atoms with Crippen molar-refractivity contribution in [2.24, 2.45) is 0 Å². The molecule has 8 nitrogen and oxygen atoms in total. The van der Waals surface area contributed by atoms with Gasteiger partial charge in [0, 0.05) is 19.2 Å². The zero-order valence-corrected chi connectivity index (χ0v) is 12.8. The van der Waals surface area contributed by atoms with Gasteiger partial charge in [-0.25, -0.2) is 14.6 Å². The molecule has 8 heteroatoms. The molecule has 1 aliphatic rings. The van der Waals surface area contributed by atoms with Crippen molar-refractivity contribution in [3.8, 4) is 5.88 Å². The summed E-state index contributed by atoms with van der Waals surface area (Å²) >= 11 is 0. The van der Waals surface area contributed by atoms with Gasteiger partial charge in [-0.05, 0) is 19.8 Å². The summed E-state index contributed by atoms with van der Waals surface area (Å²) in [6.07, 6.45) is 4.68. The van der Waals surface area contributed by atoms with Gasteiger partial charge in [-0.2, -0.15) is 0 Å². The summed E-state index contributed by atoms with van der Waals surface area (Å²) in [6, 6.07) is 2.15. The number of hydrogen-bond donors (Lipinski definition) is 1. The lowest BCUT2D eigenvalue weighted by Gasteiger charge is -2.32. The maximum Gasteiger partial charge on any atom is 0.218 e. The molecular formula is C14H20N6O2. The number of ether oxygens (including phenoxy) is 1. The zero-order valence-electron chi connectivity index (χ0n) is 12.8. The summed E-state index contributed by atoms with van der Waals surface area (Å²) in [5.74, 6) is 1.46. The van der Waals surface area contributed by atoms with Crippen LogP contribution in [0.25, 0.3) is 0 Å². The van der Waals surface area contributed by atoms with E-state index in [1.807, 2.05) is 16.9 Å².